The zero-order valence-corrected chi connectivity index (χ0v) is 10.7. The minimum absolute atomic E-state index is 0.0509. The zero-order chi connectivity index (χ0) is 12.4. The topological polar surface area (TPSA) is 35.5 Å². The Hall–Kier alpha value is -1.22. The number of benzene rings is 1. The van der Waals surface area contributed by atoms with Gasteiger partial charge in [0.25, 0.3) is 0 Å². The van der Waals surface area contributed by atoms with Crippen molar-refractivity contribution in [2.45, 2.75) is 31.7 Å². The first kappa shape index (κ1) is 12.2. The molecule has 0 spiro atoms. The predicted octanol–water partition coefficient (Wildman–Crippen LogP) is 3.31. The number of hydrogen-bond donors (Lipinski definition) is 0. The van der Waals surface area contributed by atoms with Crippen LogP contribution in [0.3, 0.4) is 0 Å². The highest BCUT2D eigenvalue weighted by Gasteiger charge is 2.25. The molecule has 0 amide bonds. The maximum absolute atomic E-state index is 11.6. The Morgan fingerprint density at radius 1 is 1.59 bits per heavy atom. The number of halogens is 1. The molecule has 2 atom stereocenters. The first-order valence-electron chi connectivity index (χ1n) is 5.73. The van der Waals surface area contributed by atoms with Gasteiger partial charge in [-0.15, -0.1) is 11.6 Å². The molecule has 3 nitrogen and oxygen atoms in total. The van der Waals surface area contributed by atoms with E-state index in [-0.39, 0.29) is 17.5 Å². The average Bonchev–Trinajstić information content (AvgIpc) is 2.28. The fourth-order valence-electron chi connectivity index (χ4n) is 1.92. The van der Waals surface area contributed by atoms with Gasteiger partial charge in [0.2, 0.25) is 0 Å². The maximum Gasteiger partial charge on any atom is 0.338 e. The fourth-order valence-corrected chi connectivity index (χ4v) is 2.35. The minimum atomic E-state index is -0.330. The Balaban J connectivity index is 2.30. The highest BCUT2D eigenvalue weighted by atomic mass is 35.5. The van der Waals surface area contributed by atoms with E-state index in [2.05, 4.69) is 0 Å². The molecule has 0 N–H and O–H groups in total. The molecule has 1 aromatic carbocycles. The molecule has 1 aromatic rings. The third kappa shape index (κ3) is 2.55. The molecule has 0 saturated carbocycles. The molecule has 2 unspecified atom stereocenters. The van der Waals surface area contributed by atoms with Crippen LogP contribution in [-0.4, -0.2) is 18.7 Å². The Kier molecular flexibility index (Phi) is 3.57. The second-order valence-corrected chi connectivity index (χ2v) is 4.63. The normalized spacial score (nSPS) is 22.5. The van der Waals surface area contributed by atoms with Gasteiger partial charge in [0.15, 0.2) is 0 Å². The zero-order valence-electron chi connectivity index (χ0n) is 9.90. The van der Waals surface area contributed by atoms with Crippen molar-refractivity contribution in [1.82, 2.24) is 0 Å². The van der Waals surface area contributed by atoms with Crippen LogP contribution in [0.1, 0.15) is 41.6 Å². The molecule has 0 saturated heterocycles. The van der Waals surface area contributed by atoms with E-state index < -0.39 is 0 Å². The second-order valence-electron chi connectivity index (χ2n) is 4.10. The molecule has 0 fully saturated rings. The van der Waals surface area contributed by atoms with Crippen LogP contribution >= 0.6 is 11.6 Å². The van der Waals surface area contributed by atoms with E-state index in [1.54, 1.807) is 19.1 Å². The van der Waals surface area contributed by atoms with Crippen molar-refractivity contribution in [3.63, 3.8) is 0 Å². The highest BCUT2D eigenvalue weighted by Crippen LogP contribution is 2.39. The summed E-state index contributed by atoms with van der Waals surface area (Å²) in [6.45, 7) is 4.12. The lowest BCUT2D eigenvalue weighted by Gasteiger charge is -2.27. The van der Waals surface area contributed by atoms with E-state index in [4.69, 9.17) is 21.1 Å². The van der Waals surface area contributed by atoms with Gasteiger partial charge in [-0.3, -0.25) is 0 Å². The second kappa shape index (κ2) is 4.96. The van der Waals surface area contributed by atoms with Gasteiger partial charge in [0, 0.05) is 12.0 Å². The number of alkyl halides is 1. The lowest BCUT2D eigenvalue weighted by Crippen LogP contribution is -2.21. The number of rotatable bonds is 2. The summed E-state index contributed by atoms with van der Waals surface area (Å²) in [6.07, 6.45) is 0.857. The molecule has 0 aliphatic carbocycles. The van der Waals surface area contributed by atoms with Gasteiger partial charge in [-0.05, 0) is 26.0 Å². The molecule has 1 aliphatic rings. The van der Waals surface area contributed by atoms with Crippen LogP contribution in [0, 0.1) is 0 Å². The van der Waals surface area contributed by atoms with E-state index >= 15 is 0 Å². The summed E-state index contributed by atoms with van der Waals surface area (Å²) < 4.78 is 10.6. The van der Waals surface area contributed by atoms with Crippen LogP contribution in [0.5, 0.6) is 5.75 Å². The van der Waals surface area contributed by atoms with Crippen LogP contribution < -0.4 is 4.74 Å². The summed E-state index contributed by atoms with van der Waals surface area (Å²) in [5.41, 5.74) is 1.45. The number of carbonyl (C=O) groups excluding carboxylic acids is 1. The van der Waals surface area contributed by atoms with Crippen LogP contribution in [0.4, 0.5) is 0 Å². The van der Waals surface area contributed by atoms with E-state index in [1.165, 1.54) is 0 Å². The molecule has 92 valence electrons. The van der Waals surface area contributed by atoms with E-state index in [9.17, 15) is 4.79 Å². The quantitative estimate of drug-likeness (QED) is 0.600. The maximum atomic E-state index is 11.6. The molecule has 17 heavy (non-hydrogen) atoms. The molecular weight excluding hydrogens is 240 g/mol. The Bertz CT molecular complexity index is 431. The van der Waals surface area contributed by atoms with Crippen molar-refractivity contribution in [1.29, 1.82) is 0 Å². The first-order chi connectivity index (χ1) is 8.11. The monoisotopic (exact) mass is 254 g/mol. The molecule has 0 radical (unpaired) electrons. The molecule has 4 heteroatoms. The van der Waals surface area contributed by atoms with Crippen LogP contribution in [0.25, 0.3) is 0 Å². The van der Waals surface area contributed by atoms with Gasteiger partial charge >= 0.3 is 5.97 Å². The van der Waals surface area contributed by atoms with Gasteiger partial charge in [0.05, 0.1) is 23.7 Å². The molecule has 0 bridgehead atoms. The molecule has 0 aromatic heterocycles. The van der Waals surface area contributed by atoms with Crippen molar-refractivity contribution in [2.75, 3.05) is 6.61 Å². The first-order valence-corrected chi connectivity index (χ1v) is 6.17. The summed E-state index contributed by atoms with van der Waals surface area (Å²) >= 11 is 6.24. The van der Waals surface area contributed by atoms with Gasteiger partial charge < -0.3 is 9.47 Å². The van der Waals surface area contributed by atoms with E-state index in [1.807, 2.05) is 13.0 Å². The van der Waals surface area contributed by atoms with Crippen molar-refractivity contribution in [3.05, 3.63) is 29.3 Å². The van der Waals surface area contributed by atoms with Crippen LogP contribution in [0.2, 0.25) is 0 Å². The lowest BCUT2D eigenvalue weighted by atomic mass is 10.0. The summed E-state index contributed by atoms with van der Waals surface area (Å²) in [7, 11) is 0. The Morgan fingerprint density at radius 2 is 2.35 bits per heavy atom. The van der Waals surface area contributed by atoms with Gasteiger partial charge in [-0.25, -0.2) is 4.79 Å². The predicted molar refractivity (Wildman–Crippen MR) is 65.7 cm³/mol. The molecular formula is C13H15ClO3. The van der Waals surface area contributed by atoms with Gasteiger partial charge in [-0.2, -0.15) is 0 Å². The van der Waals surface area contributed by atoms with Gasteiger partial charge in [-0.1, -0.05) is 6.07 Å². The van der Waals surface area contributed by atoms with E-state index in [0.717, 1.165) is 12.0 Å². The number of esters is 1. The summed E-state index contributed by atoms with van der Waals surface area (Å²) in [6, 6.07) is 5.27. The summed E-state index contributed by atoms with van der Waals surface area (Å²) in [4.78, 5) is 11.6. The lowest BCUT2D eigenvalue weighted by molar-refractivity contribution is 0.0525. The molecule has 1 aliphatic heterocycles. The SMILES string of the molecule is CCOC(=O)c1ccc2c(c1)OC(C)CC2Cl. The van der Waals surface area contributed by atoms with Crippen molar-refractivity contribution in [3.8, 4) is 5.75 Å². The Morgan fingerprint density at radius 3 is 3.06 bits per heavy atom. The number of carbonyl (C=O) groups is 1. The average molecular weight is 255 g/mol. The van der Waals surface area contributed by atoms with Crippen LogP contribution in [-0.2, 0) is 4.74 Å². The van der Waals surface area contributed by atoms with E-state index in [0.29, 0.717) is 17.9 Å². The van der Waals surface area contributed by atoms with Crippen molar-refractivity contribution in [2.24, 2.45) is 0 Å². The summed E-state index contributed by atoms with van der Waals surface area (Å²) in [5, 5.41) is -0.0509. The minimum Gasteiger partial charge on any atom is -0.490 e. The molecule has 1 heterocycles. The standard InChI is InChI=1S/C13H15ClO3/c1-3-16-13(15)9-4-5-10-11(14)6-8(2)17-12(10)7-9/h4-5,7-8,11H,3,6H2,1-2H3. The molecule has 2 rings (SSSR count). The number of hydrogen-bond acceptors (Lipinski definition) is 3. The number of fused-ring (bicyclic) bond motifs is 1. The highest BCUT2D eigenvalue weighted by molar-refractivity contribution is 6.21. The van der Waals surface area contributed by atoms with Crippen molar-refractivity contribution >= 4 is 17.6 Å². The third-order valence-electron chi connectivity index (χ3n) is 2.73. The van der Waals surface area contributed by atoms with Crippen LogP contribution in [0.15, 0.2) is 18.2 Å². The third-order valence-corrected chi connectivity index (χ3v) is 3.14. The summed E-state index contributed by atoms with van der Waals surface area (Å²) in [5.74, 6) is 0.359. The van der Waals surface area contributed by atoms with Crippen molar-refractivity contribution < 1.29 is 14.3 Å². The number of ether oxygens (including phenoxy) is 2. The smallest absolute Gasteiger partial charge is 0.338 e. The Labute approximate surface area is 106 Å². The van der Waals surface area contributed by atoms with Gasteiger partial charge in [0.1, 0.15) is 5.75 Å². The largest absolute Gasteiger partial charge is 0.490 e. The fraction of sp³-hybridized carbons (Fsp3) is 0.462.